The minimum atomic E-state index is -1.19. The third-order valence-corrected chi connectivity index (χ3v) is 2.75. The molecule has 0 radical (unpaired) electrons. The van der Waals surface area contributed by atoms with Crippen molar-refractivity contribution in [1.82, 2.24) is 0 Å². The fourth-order valence-electron chi connectivity index (χ4n) is 1.80. The number of hydrogen-bond acceptors (Lipinski definition) is 2. The van der Waals surface area contributed by atoms with E-state index in [9.17, 15) is 14.0 Å². The van der Waals surface area contributed by atoms with E-state index in [-0.39, 0.29) is 11.3 Å². The number of carboxylic acid groups (broad SMARTS) is 1. The molecule has 1 N–H and O–H groups in total. The summed E-state index contributed by atoms with van der Waals surface area (Å²) in [4.78, 5) is 22.2. The first-order valence-electron chi connectivity index (χ1n) is 5.62. The zero-order valence-corrected chi connectivity index (χ0v) is 10.2. The molecule has 4 heteroatoms. The molecule has 0 aliphatic rings. The van der Waals surface area contributed by atoms with Crippen molar-refractivity contribution in [1.29, 1.82) is 0 Å². The molecular weight excluding hydrogens is 247 g/mol. The lowest BCUT2D eigenvalue weighted by Gasteiger charge is -2.05. The zero-order chi connectivity index (χ0) is 14.0. The van der Waals surface area contributed by atoms with Gasteiger partial charge in [0.2, 0.25) is 0 Å². The minimum Gasteiger partial charge on any atom is -0.478 e. The summed E-state index contributed by atoms with van der Waals surface area (Å²) in [6.45, 7) is 1.44. The predicted molar refractivity (Wildman–Crippen MR) is 68.8 cm³/mol. The monoisotopic (exact) mass is 258 g/mol. The van der Waals surface area contributed by atoms with Crippen LogP contribution in [0.2, 0.25) is 0 Å². The number of aromatic carboxylic acids is 1. The lowest BCUT2D eigenvalue weighted by Crippen LogP contribution is -1.98. The molecule has 2 rings (SSSR count). The molecule has 0 spiro atoms. The number of hydrogen-bond donors (Lipinski definition) is 1. The number of Topliss-reactive ketones (excluding diaryl/α,β-unsaturated/α-hetero) is 1. The molecule has 0 bridgehead atoms. The Morgan fingerprint density at radius 2 is 1.68 bits per heavy atom. The molecule has 2 aromatic carbocycles. The Kier molecular flexibility index (Phi) is 3.42. The van der Waals surface area contributed by atoms with Gasteiger partial charge in [-0.25, -0.2) is 9.18 Å². The average Bonchev–Trinajstić information content (AvgIpc) is 2.38. The van der Waals surface area contributed by atoms with Gasteiger partial charge in [-0.15, -0.1) is 0 Å². The van der Waals surface area contributed by atoms with Crippen molar-refractivity contribution >= 4 is 11.8 Å². The third kappa shape index (κ3) is 2.85. The topological polar surface area (TPSA) is 54.4 Å². The summed E-state index contributed by atoms with van der Waals surface area (Å²) < 4.78 is 13.4. The normalized spacial score (nSPS) is 10.2. The van der Waals surface area contributed by atoms with Crippen LogP contribution >= 0.6 is 0 Å². The maximum atomic E-state index is 13.4. The lowest BCUT2D eigenvalue weighted by atomic mass is 10.00. The molecule has 0 atom stereocenters. The molecule has 3 nitrogen and oxygen atoms in total. The van der Waals surface area contributed by atoms with Crippen molar-refractivity contribution in [2.75, 3.05) is 0 Å². The van der Waals surface area contributed by atoms with E-state index in [0.717, 1.165) is 6.07 Å². The van der Waals surface area contributed by atoms with Gasteiger partial charge in [0, 0.05) is 5.56 Å². The number of carboxylic acids is 1. The molecule has 96 valence electrons. The van der Waals surface area contributed by atoms with E-state index in [1.54, 1.807) is 24.3 Å². The molecule has 0 unspecified atom stereocenters. The average molecular weight is 258 g/mol. The number of ketones is 1. The van der Waals surface area contributed by atoms with Crippen LogP contribution in [0, 0.1) is 5.82 Å². The second-order valence-electron chi connectivity index (χ2n) is 4.17. The van der Waals surface area contributed by atoms with Crippen molar-refractivity contribution in [2.45, 2.75) is 6.92 Å². The largest absolute Gasteiger partial charge is 0.478 e. The van der Waals surface area contributed by atoms with Crippen LogP contribution < -0.4 is 0 Å². The number of halogens is 1. The third-order valence-electron chi connectivity index (χ3n) is 2.75. The molecule has 0 saturated heterocycles. The van der Waals surface area contributed by atoms with Gasteiger partial charge in [0.05, 0.1) is 5.56 Å². The van der Waals surface area contributed by atoms with E-state index < -0.39 is 11.8 Å². The molecular formula is C15H11FO3. The Hall–Kier alpha value is -2.49. The van der Waals surface area contributed by atoms with Crippen LogP contribution in [0.1, 0.15) is 27.6 Å². The fraction of sp³-hybridized carbons (Fsp3) is 0.0667. The van der Waals surface area contributed by atoms with Crippen LogP contribution in [-0.2, 0) is 0 Å². The highest BCUT2D eigenvalue weighted by Gasteiger charge is 2.09. The standard InChI is InChI=1S/C15H11FO3/c1-9(17)10-3-2-4-11(5-10)12-6-13(15(18)19)8-14(16)7-12/h2-8H,1H3,(H,18,19). The maximum absolute atomic E-state index is 13.4. The van der Waals surface area contributed by atoms with Crippen LogP contribution in [0.15, 0.2) is 42.5 Å². The van der Waals surface area contributed by atoms with E-state index in [0.29, 0.717) is 16.7 Å². The van der Waals surface area contributed by atoms with E-state index >= 15 is 0 Å². The second kappa shape index (κ2) is 5.02. The van der Waals surface area contributed by atoms with Crippen molar-refractivity contribution in [3.63, 3.8) is 0 Å². The van der Waals surface area contributed by atoms with E-state index in [1.807, 2.05) is 0 Å². The molecule has 0 fully saturated rings. The first-order chi connectivity index (χ1) is 8.97. The van der Waals surface area contributed by atoms with Crippen molar-refractivity contribution < 1.29 is 19.1 Å². The number of rotatable bonds is 3. The molecule has 0 aromatic heterocycles. The Balaban J connectivity index is 2.55. The first-order valence-corrected chi connectivity index (χ1v) is 5.62. The molecule has 2 aromatic rings. The van der Waals surface area contributed by atoms with E-state index in [1.165, 1.54) is 19.1 Å². The number of benzene rings is 2. The number of carbonyl (C=O) groups is 2. The fourth-order valence-corrected chi connectivity index (χ4v) is 1.80. The van der Waals surface area contributed by atoms with Gasteiger partial charge in [-0.2, -0.15) is 0 Å². The van der Waals surface area contributed by atoms with Gasteiger partial charge in [0.25, 0.3) is 0 Å². The van der Waals surface area contributed by atoms with Gasteiger partial charge in [-0.3, -0.25) is 4.79 Å². The lowest BCUT2D eigenvalue weighted by molar-refractivity contribution is 0.0696. The second-order valence-corrected chi connectivity index (χ2v) is 4.17. The molecule has 19 heavy (non-hydrogen) atoms. The molecule has 0 aliphatic heterocycles. The van der Waals surface area contributed by atoms with Gasteiger partial charge in [0.15, 0.2) is 5.78 Å². The maximum Gasteiger partial charge on any atom is 0.335 e. The predicted octanol–water partition coefficient (Wildman–Crippen LogP) is 3.39. The molecule has 0 aliphatic carbocycles. The zero-order valence-electron chi connectivity index (χ0n) is 10.2. The highest BCUT2D eigenvalue weighted by molar-refractivity contribution is 5.95. The smallest absolute Gasteiger partial charge is 0.335 e. The van der Waals surface area contributed by atoms with Crippen LogP contribution in [0.25, 0.3) is 11.1 Å². The van der Waals surface area contributed by atoms with Gasteiger partial charge >= 0.3 is 5.97 Å². The SMILES string of the molecule is CC(=O)c1cccc(-c2cc(F)cc(C(=O)O)c2)c1. The van der Waals surface area contributed by atoms with Crippen LogP contribution in [0.3, 0.4) is 0 Å². The minimum absolute atomic E-state index is 0.100. The summed E-state index contributed by atoms with van der Waals surface area (Å²) in [7, 11) is 0. The summed E-state index contributed by atoms with van der Waals surface area (Å²) in [5, 5.41) is 8.90. The Bertz CT molecular complexity index is 662. The van der Waals surface area contributed by atoms with Crippen molar-refractivity contribution in [3.8, 4) is 11.1 Å². The summed E-state index contributed by atoms with van der Waals surface area (Å²) in [5.41, 5.74) is 1.41. The van der Waals surface area contributed by atoms with Crippen LogP contribution in [0.4, 0.5) is 4.39 Å². The molecule has 0 amide bonds. The Labute approximate surface area is 109 Å². The summed E-state index contributed by atoms with van der Waals surface area (Å²) >= 11 is 0. The summed E-state index contributed by atoms with van der Waals surface area (Å²) in [6, 6.07) is 10.2. The first kappa shape index (κ1) is 13.0. The summed E-state index contributed by atoms with van der Waals surface area (Å²) in [6.07, 6.45) is 0. The van der Waals surface area contributed by atoms with Gasteiger partial charge < -0.3 is 5.11 Å². The van der Waals surface area contributed by atoms with Gasteiger partial charge in [0.1, 0.15) is 5.82 Å². The molecule has 0 heterocycles. The quantitative estimate of drug-likeness (QED) is 0.858. The summed E-state index contributed by atoms with van der Waals surface area (Å²) in [5.74, 6) is -1.91. The van der Waals surface area contributed by atoms with Crippen LogP contribution in [-0.4, -0.2) is 16.9 Å². The highest BCUT2D eigenvalue weighted by Crippen LogP contribution is 2.23. The highest BCUT2D eigenvalue weighted by atomic mass is 19.1. The van der Waals surface area contributed by atoms with E-state index in [4.69, 9.17) is 5.11 Å². The van der Waals surface area contributed by atoms with Gasteiger partial charge in [-0.05, 0) is 42.3 Å². The van der Waals surface area contributed by atoms with Crippen molar-refractivity contribution in [3.05, 3.63) is 59.4 Å². The van der Waals surface area contributed by atoms with Crippen LogP contribution in [0.5, 0.6) is 0 Å². The van der Waals surface area contributed by atoms with Gasteiger partial charge in [-0.1, -0.05) is 18.2 Å². The Morgan fingerprint density at radius 1 is 1.00 bits per heavy atom. The molecule has 0 saturated carbocycles. The Morgan fingerprint density at radius 3 is 2.32 bits per heavy atom. The van der Waals surface area contributed by atoms with Crippen molar-refractivity contribution in [2.24, 2.45) is 0 Å². The number of carbonyl (C=O) groups excluding carboxylic acids is 1. The van der Waals surface area contributed by atoms with E-state index in [2.05, 4.69) is 0 Å².